The van der Waals surface area contributed by atoms with Gasteiger partial charge in [-0.1, -0.05) is 12.1 Å². The standard InChI is InChI=1S/C19H28FN3O3S/c1-27(25,26)23-12-10-22(11-13-23)19(24)15-21-8-6-17(7-9-21)14-16-2-4-18(20)5-3-16/h2-5,17H,6-15H2,1H3. The van der Waals surface area contributed by atoms with E-state index in [1.807, 2.05) is 12.1 Å². The summed E-state index contributed by atoms with van der Waals surface area (Å²) in [5.74, 6) is 0.449. The number of piperazine rings is 1. The number of carbonyl (C=O) groups is 1. The van der Waals surface area contributed by atoms with E-state index >= 15 is 0 Å². The minimum Gasteiger partial charge on any atom is -0.339 e. The number of hydrogen-bond donors (Lipinski definition) is 0. The molecule has 150 valence electrons. The number of piperidine rings is 1. The molecule has 1 aromatic carbocycles. The van der Waals surface area contributed by atoms with Crippen molar-refractivity contribution in [2.75, 3.05) is 52.1 Å². The van der Waals surface area contributed by atoms with Crippen LogP contribution in [0.5, 0.6) is 0 Å². The molecule has 0 unspecified atom stereocenters. The first kappa shape index (κ1) is 20.2. The molecule has 27 heavy (non-hydrogen) atoms. The van der Waals surface area contributed by atoms with Gasteiger partial charge in [0.05, 0.1) is 12.8 Å². The molecule has 2 aliphatic rings. The van der Waals surface area contributed by atoms with Crippen LogP contribution in [0.4, 0.5) is 4.39 Å². The molecule has 0 N–H and O–H groups in total. The van der Waals surface area contributed by atoms with E-state index in [0.29, 0.717) is 38.6 Å². The Kier molecular flexibility index (Phi) is 6.49. The summed E-state index contributed by atoms with van der Waals surface area (Å²) in [6.07, 6.45) is 4.23. The molecule has 0 radical (unpaired) electrons. The number of carbonyl (C=O) groups excluding carboxylic acids is 1. The molecule has 0 saturated carbocycles. The van der Waals surface area contributed by atoms with Crippen LogP contribution in [0, 0.1) is 11.7 Å². The normalized spacial score (nSPS) is 20.7. The van der Waals surface area contributed by atoms with Crippen LogP contribution >= 0.6 is 0 Å². The van der Waals surface area contributed by atoms with Gasteiger partial charge in [-0.2, -0.15) is 4.31 Å². The second-order valence-electron chi connectivity index (χ2n) is 7.59. The zero-order valence-corrected chi connectivity index (χ0v) is 16.6. The molecule has 2 saturated heterocycles. The molecule has 8 heteroatoms. The number of benzene rings is 1. The Labute approximate surface area is 161 Å². The Morgan fingerprint density at radius 3 is 2.19 bits per heavy atom. The number of halogens is 1. The molecule has 2 aliphatic heterocycles. The fourth-order valence-corrected chi connectivity index (χ4v) is 4.69. The van der Waals surface area contributed by atoms with Gasteiger partial charge in [-0.15, -0.1) is 0 Å². The zero-order chi connectivity index (χ0) is 19.4. The number of likely N-dealkylation sites (tertiary alicyclic amines) is 1. The predicted octanol–water partition coefficient (Wildman–Crippen LogP) is 1.18. The third-order valence-corrected chi connectivity index (χ3v) is 6.87. The zero-order valence-electron chi connectivity index (χ0n) is 15.8. The molecular weight excluding hydrogens is 369 g/mol. The third kappa shape index (κ3) is 5.73. The van der Waals surface area contributed by atoms with E-state index in [-0.39, 0.29) is 11.7 Å². The third-order valence-electron chi connectivity index (χ3n) is 5.56. The second kappa shape index (κ2) is 8.67. The number of hydrogen-bond acceptors (Lipinski definition) is 4. The van der Waals surface area contributed by atoms with E-state index in [9.17, 15) is 17.6 Å². The van der Waals surface area contributed by atoms with Crippen molar-refractivity contribution in [3.8, 4) is 0 Å². The maximum atomic E-state index is 13.0. The SMILES string of the molecule is CS(=O)(=O)N1CCN(C(=O)CN2CCC(Cc3ccc(F)cc3)CC2)CC1. The highest BCUT2D eigenvalue weighted by Gasteiger charge is 2.28. The van der Waals surface area contributed by atoms with E-state index in [4.69, 9.17) is 0 Å². The molecular formula is C19H28FN3O3S. The van der Waals surface area contributed by atoms with Crippen LogP contribution in [-0.2, 0) is 21.2 Å². The van der Waals surface area contributed by atoms with Gasteiger partial charge in [0, 0.05) is 26.2 Å². The van der Waals surface area contributed by atoms with Gasteiger partial charge in [-0.3, -0.25) is 9.69 Å². The molecule has 0 atom stereocenters. The molecule has 0 aliphatic carbocycles. The lowest BCUT2D eigenvalue weighted by atomic mass is 9.90. The van der Waals surface area contributed by atoms with Crippen molar-refractivity contribution in [2.24, 2.45) is 5.92 Å². The Morgan fingerprint density at radius 2 is 1.63 bits per heavy atom. The lowest BCUT2D eigenvalue weighted by Crippen LogP contribution is -2.52. The lowest BCUT2D eigenvalue weighted by molar-refractivity contribution is -0.134. The molecule has 1 amide bonds. The van der Waals surface area contributed by atoms with E-state index < -0.39 is 10.0 Å². The topological polar surface area (TPSA) is 60.9 Å². The van der Waals surface area contributed by atoms with Crippen LogP contribution in [0.15, 0.2) is 24.3 Å². The number of nitrogens with zero attached hydrogens (tertiary/aromatic N) is 3. The summed E-state index contributed by atoms with van der Waals surface area (Å²) in [7, 11) is -3.17. The number of sulfonamides is 1. The van der Waals surface area contributed by atoms with Crippen molar-refractivity contribution in [1.29, 1.82) is 0 Å². The highest BCUT2D eigenvalue weighted by atomic mass is 32.2. The van der Waals surface area contributed by atoms with Crippen molar-refractivity contribution in [3.63, 3.8) is 0 Å². The monoisotopic (exact) mass is 397 g/mol. The summed E-state index contributed by atoms with van der Waals surface area (Å²) in [5, 5.41) is 0. The van der Waals surface area contributed by atoms with E-state index in [2.05, 4.69) is 4.90 Å². The van der Waals surface area contributed by atoms with Crippen LogP contribution in [0.3, 0.4) is 0 Å². The second-order valence-corrected chi connectivity index (χ2v) is 9.58. The number of rotatable bonds is 5. The fraction of sp³-hybridized carbons (Fsp3) is 0.632. The highest BCUT2D eigenvalue weighted by Crippen LogP contribution is 2.22. The van der Waals surface area contributed by atoms with Gasteiger partial charge < -0.3 is 4.90 Å². The highest BCUT2D eigenvalue weighted by molar-refractivity contribution is 7.88. The Morgan fingerprint density at radius 1 is 1.04 bits per heavy atom. The van der Waals surface area contributed by atoms with Crippen LogP contribution in [0.2, 0.25) is 0 Å². The minimum absolute atomic E-state index is 0.0835. The van der Waals surface area contributed by atoms with Crippen molar-refractivity contribution in [3.05, 3.63) is 35.6 Å². The maximum Gasteiger partial charge on any atom is 0.236 e. The quantitative estimate of drug-likeness (QED) is 0.749. The van der Waals surface area contributed by atoms with Crippen LogP contribution < -0.4 is 0 Å². The smallest absolute Gasteiger partial charge is 0.236 e. The summed E-state index contributed by atoms with van der Waals surface area (Å²) in [5.41, 5.74) is 1.16. The predicted molar refractivity (Wildman–Crippen MR) is 102 cm³/mol. The first-order valence-corrected chi connectivity index (χ1v) is 11.4. The van der Waals surface area contributed by atoms with Crippen molar-refractivity contribution < 1.29 is 17.6 Å². The van der Waals surface area contributed by atoms with Crippen molar-refractivity contribution in [1.82, 2.24) is 14.1 Å². The van der Waals surface area contributed by atoms with Gasteiger partial charge in [0.15, 0.2) is 0 Å². The average Bonchev–Trinajstić information content (AvgIpc) is 2.64. The molecule has 0 spiro atoms. The van der Waals surface area contributed by atoms with E-state index in [1.165, 1.54) is 22.7 Å². The van der Waals surface area contributed by atoms with Gasteiger partial charge >= 0.3 is 0 Å². The van der Waals surface area contributed by atoms with Gasteiger partial charge in [-0.05, 0) is 56.0 Å². The van der Waals surface area contributed by atoms with Crippen LogP contribution in [0.1, 0.15) is 18.4 Å². The summed E-state index contributed by atoms with van der Waals surface area (Å²) in [4.78, 5) is 16.5. The van der Waals surface area contributed by atoms with Gasteiger partial charge in [-0.25, -0.2) is 12.8 Å². The first-order valence-electron chi connectivity index (χ1n) is 9.51. The molecule has 1 aromatic rings. The molecule has 2 heterocycles. The summed E-state index contributed by atoms with van der Waals surface area (Å²) in [6, 6.07) is 6.71. The molecule has 0 bridgehead atoms. The summed E-state index contributed by atoms with van der Waals surface area (Å²) >= 11 is 0. The fourth-order valence-electron chi connectivity index (χ4n) is 3.86. The van der Waals surface area contributed by atoms with Crippen molar-refractivity contribution >= 4 is 15.9 Å². The Balaban J connectivity index is 1.40. The van der Waals surface area contributed by atoms with Gasteiger partial charge in [0.1, 0.15) is 5.82 Å². The Bertz CT molecular complexity index is 738. The molecule has 6 nitrogen and oxygen atoms in total. The average molecular weight is 398 g/mol. The minimum atomic E-state index is -3.17. The van der Waals surface area contributed by atoms with Crippen molar-refractivity contribution in [2.45, 2.75) is 19.3 Å². The summed E-state index contributed by atoms with van der Waals surface area (Å²) in [6.45, 7) is 3.87. The van der Waals surface area contributed by atoms with Crippen LogP contribution in [-0.4, -0.2) is 80.5 Å². The van der Waals surface area contributed by atoms with Gasteiger partial charge in [0.2, 0.25) is 15.9 Å². The molecule has 3 rings (SSSR count). The van der Waals surface area contributed by atoms with E-state index in [1.54, 1.807) is 4.90 Å². The molecule has 2 fully saturated rings. The summed E-state index contributed by atoms with van der Waals surface area (Å²) < 4.78 is 37.5. The van der Waals surface area contributed by atoms with Gasteiger partial charge in [0.25, 0.3) is 0 Å². The van der Waals surface area contributed by atoms with E-state index in [0.717, 1.165) is 37.9 Å². The Hall–Kier alpha value is -1.51. The maximum absolute atomic E-state index is 13.0. The van der Waals surface area contributed by atoms with Crippen LogP contribution in [0.25, 0.3) is 0 Å². The first-order chi connectivity index (χ1) is 12.8. The largest absolute Gasteiger partial charge is 0.339 e. The number of amides is 1. The molecule has 0 aromatic heterocycles. The lowest BCUT2D eigenvalue weighted by Gasteiger charge is -2.36.